The van der Waals surface area contributed by atoms with E-state index >= 15 is 0 Å². The topological polar surface area (TPSA) is 80.3 Å². The van der Waals surface area contributed by atoms with Crippen molar-refractivity contribution in [2.24, 2.45) is 0 Å². The van der Waals surface area contributed by atoms with Crippen molar-refractivity contribution in [1.82, 2.24) is 0 Å². The van der Waals surface area contributed by atoms with Crippen molar-refractivity contribution >= 4 is 25.5 Å². The van der Waals surface area contributed by atoms with Crippen LogP contribution in [0.1, 0.15) is 6.42 Å². The summed E-state index contributed by atoms with van der Waals surface area (Å²) in [5, 5.41) is -0.840. The molecular formula is C10H13NO4S2. The van der Waals surface area contributed by atoms with Crippen LogP contribution >= 0.6 is 0 Å². The molecule has 1 aromatic carbocycles. The third kappa shape index (κ3) is 2.98. The molecule has 0 aliphatic carbocycles. The van der Waals surface area contributed by atoms with Gasteiger partial charge in [-0.1, -0.05) is 18.2 Å². The molecule has 7 heteroatoms. The Morgan fingerprint density at radius 2 is 1.82 bits per heavy atom. The van der Waals surface area contributed by atoms with E-state index in [2.05, 4.69) is 4.72 Å². The van der Waals surface area contributed by atoms with Crippen molar-refractivity contribution in [2.45, 2.75) is 11.7 Å². The summed E-state index contributed by atoms with van der Waals surface area (Å²) < 4.78 is 48.7. The van der Waals surface area contributed by atoms with Crippen LogP contribution in [0, 0.1) is 0 Å². The van der Waals surface area contributed by atoms with Crippen molar-refractivity contribution in [2.75, 3.05) is 16.2 Å². The van der Waals surface area contributed by atoms with Crippen LogP contribution in [-0.2, 0) is 19.9 Å². The molecule has 1 aromatic rings. The maximum absolute atomic E-state index is 11.9. The van der Waals surface area contributed by atoms with Crippen LogP contribution in [0.25, 0.3) is 0 Å². The molecule has 0 radical (unpaired) electrons. The predicted octanol–water partition coefficient (Wildman–Crippen LogP) is 0.615. The highest BCUT2D eigenvalue weighted by Gasteiger charge is 2.37. The van der Waals surface area contributed by atoms with Gasteiger partial charge < -0.3 is 0 Å². The number of hydrogen-bond acceptors (Lipinski definition) is 4. The lowest BCUT2D eigenvalue weighted by atomic mass is 10.3. The van der Waals surface area contributed by atoms with E-state index in [0.29, 0.717) is 5.69 Å². The first kappa shape index (κ1) is 12.4. The molecule has 0 aromatic heterocycles. The van der Waals surface area contributed by atoms with E-state index in [9.17, 15) is 16.8 Å². The first-order valence-corrected chi connectivity index (χ1v) is 8.53. The van der Waals surface area contributed by atoms with Gasteiger partial charge in [0.2, 0.25) is 10.0 Å². The highest BCUT2D eigenvalue weighted by atomic mass is 32.2. The van der Waals surface area contributed by atoms with Crippen LogP contribution in [-0.4, -0.2) is 33.6 Å². The van der Waals surface area contributed by atoms with E-state index in [-0.39, 0.29) is 17.9 Å². The smallest absolute Gasteiger partial charge is 0.236 e. The maximum Gasteiger partial charge on any atom is 0.236 e. The van der Waals surface area contributed by atoms with E-state index in [1.165, 1.54) is 0 Å². The third-order valence-electron chi connectivity index (χ3n) is 2.66. The second-order valence-corrected chi connectivity index (χ2v) is 8.23. The van der Waals surface area contributed by atoms with Crippen LogP contribution in [0.15, 0.2) is 30.3 Å². The van der Waals surface area contributed by atoms with Gasteiger partial charge in [-0.3, -0.25) is 4.72 Å². The molecule has 0 saturated carbocycles. The standard InChI is InChI=1S/C10H13NO4S2/c12-16(13)7-6-10(8-16)17(14,15)11-9-4-2-1-3-5-9/h1-5,10-11H,6-8H2/t10-/m1/s1. The SMILES string of the molecule is O=S1(=O)CC[C@@H](S(=O)(=O)Nc2ccccc2)C1. The molecule has 0 spiro atoms. The maximum atomic E-state index is 11.9. The van der Waals surface area contributed by atoms with E-state index < -0.39 is 25.1 Å². The predicted molar refractivity (Wildman–Crippen MR) is 66.0 cm³/mol. The summed E-state index contributed by atoms with van der Waals surface area (Å²) in [7, 11) is -6.80. The minimum absolute atomic E-state index is 0.0482. The number of rotatable bonds is 3. The van der Waals surface area contributed by atoms with Gasteiger partial charge >= 0.3 is 0 Å². The van der Waals surface area contributed by atoms with E-state index in [0.717, 1.165) is 0 Å². The molecule has 1 heterocycles. The zero-order valence-corrected chi connectivity index (χ0v) is 10.7. The van der Waals surface area contributed by atoms with Gasteiger partial charge in [0.05, 0.1) is 16.8 Å². The Hall–Kier alpha value is -1.08. The van der Waals surface area contributed by atoms with Crippen LogP contribution < -0.4 is 4.72 Å². The molecule has 17 heavy (non-hydrogen) atoms. The van der Waals surface area contributed by atoms with Gasteiger partial charge in [0.25, 0.3) is 0 Å². The lowest BCUT2D eigenvalue weighted by Crippen LogP contribution is -2.28. The van der Waals surface area contributed by atoms with Crippen LogP contribution in [0.2, 0.25) is 0 Å². The summed E-state index contributed by atoms with van der Waals surface area (Å²) in [6.07, 6.45) is 0.171. The van der Waals surface area contributed by atoms with E-state index in [1.807, 2.05) is 0 Å². The molecule has 0 bridgehead atoms. The van der Waals surface area contributed by atoms with Gasteiger partial charge in [-0.2, -0.15) is 0 Å². The Balaban J connectivity index is 2.16. The number of sulfonamides is 1. The first-order valence-electron chi connectivity index (χ1n) is 5.16. The molecule has 1 aliphatic heterocycles. The fourth-order valence-corrected chi connectivity index (χ4v) is 5.85. The van der Waals surface area contributed by atoms with Gasteiger partial charge in [-0.05, 0) is 18.6 Å². The quantitative estimate of drug-likeness (QED) is 0.876. The normalized spacial score (nSPS) is 23.4. The lowest BCUT2D eigenvalue weighted by molar-refractivity contribution is 0.587. The number of benzene rings is 1. The number of sulfone groups is 1. The molecule has 1 aliphatic rings. The Bertz CT molecular complexity index is 592. The summed E-state index contributed by atoms with van der Waals surface area (Å²) >= 11 is 0. The number of nitrogens with one attached hydrogen (secondary N) is 1. The molecule has 1 atom stereocenters. The molecule has 2 rings (SSSR count). The van der Waals surface area contributed by atoms with Crippen molar-refractivity contribution in [3.8, 4) is 0 Å². The van der Waals surface area contributed by atoms with Crippen LogP contribution in [0.3, 0.4) is 0 Å². The molecule has 94 valence electrons. The fourth-order valence-electron chi connectivity index (χ4n) is 1.76. The van der Waals surface area contributed by atoms with Crippen molar-refractivity contribution < 1.29 is 16.8 Å². The Morgan fingerprint density at radius 3 is 2.35 bits per heavy atom. The van der Waals surface area contributed by atoms with E-state index in [1.54, 1.807) is 30.3 Å². The fraction of sp³-hybridized carbons (Fsp3) is 0.400. The summed E-state index contributed by atoms with van der Waals surface area (Å²) in [6, 6.07) is 8.45. The Morgan fingerprint density at radius 1 is 1.18 bits per heavy atom. The molecule has 0 amide bonds. The zero-order chi connectivity index (χ0) is 12.5. The minimum atomic E-state index is -3.61. The largest absolute Gasteiger partial charge is 0.283 e. The van der Waals surface area contributed by atoms with Gasteiger partial charge in [-0.25, -0.2) is 16.8 Å². The summed E-state index contributed by atoms with van der Waals surface area (Å²) in [4.78, 5) is 0. The van der Waals surface area contributed by atoms with Gasteiger partial charge in [-0.15, -0.1) is 0 Å². The monoisotopic (exact) mass is 275 g/mol. The Labute approximate surface area is 101 Å². The molecular weight excluding hydrogens is 262 g/mol. The summed E-state index contributed by atoms with van der Waals surface area (Å²) in [5.74, 6) is -0.331. The van der Waals surface area contributed by atoms with Crippen molar-refractivity contribution in [1.29, 1.82) is 0 Å². The van der Waals surface area contributed by atoms with Gasteiger partial charge in [0.15, 0.2) is 9.84 Å². The van der Waals surface area contributed by atoms with Crippen LogP contribution in [0.5, 0.6) is 0 Å². The van der Waals surface area contributed by atoms with Gasteiger partial charge in [0, 0.05) is 5.69 Å². The second-order valence-electron chi connectivity index (χ2n) is 4.04. The molecule has 1 N–H and O–H groups in total. The molecule has 0 unspecified atom stereocenters. The third-order valence-corrected chi connectivity index (χ3v) is 6.44. The molecule has 1 fully saturated rings. The van der Waals surface area contributed by atoms with Crippen LogP contribution in [0.4, 0.5) is 5.69 Å². The van der Waals surface area contributed by atoms with Crippen molar-refractivity contribution in [3.63, 3.8) is 0 Å². The summed E-state index contributed by atoms with van der Waals surface area (Å²) in [6.45, 7) is 0. The van der Waals surface area contributed by atoms with E-state index in [4.69, 9.17) is 0 Å². The van der Waals surface area contributed by atoms with Gasteiger partial charge in [0.1, 0.15) is 0 Å². The first-order chi connectivity index (χ1) is 7.89. The average molecular weight is 275 g/mol. The highest BCUT2D eigenvalue weighted by Crippen LogP contribution is 2.21. The molecule has 5 nitrogen and oxygen atoms in total. The molecule has 1 saturated heterocycles. The second kappa shape index (κ2) is 4.30. The lowest BCUT2D eigenvalue weighted by Gasteiger charge is -2.12. The number of anilines is 1. The number of para-hydroxylation sites is 1. The minimum Gasteiger partial charge on any atom is -0.283 e. The zero-order valence-electron chi connectivity index (χ0n) is 9.03. The number of hydrogen-bond donors (Lipinski definition) is 1. The Kier molecular flexibility index (Phi) is 3.13. The summed E-state index contributed by atoms with van der Waals surface area (Å²) in [5.41, 5.74) is 0.455. The average Bonchev–Trinajstić information content (AvgIpc) is 2.60. The van der Waals surface area contributed by atoms with Crippen molar-refractivity contribution in [3.05, 3.63) is 30.3 Å². The highest BCUT2D eigenvalue weighted by molar-refractivity contribution is 7.97.